The molecular weight excluding hydrogens is 212 g/mol. The van der Waals surface area contributed by atoms with Gasteiger partial charge in [0, 0.05) is 11.8 Å². The number of hydrogen-bond acceptors (Lipinski definition) is 2. The van der Waals surface area contributed by atoms with Crippen LogP contribution >= 0.6 is 0 Å². The Morgan fingerprint density at radius 1 is 1.00 bits per heavy atom. The minimum absolute atomic E-state index is 0.469. The van der Waals surface area contributed by atoms with Crippen LogP contribution in [0.2, 0.25) is 0 Å². The van der Waals surface area contributed by atoms with Gasteiger partial charge in [0.15, 0.2) is 0 Å². The van der Waals surface area contributed by atoms with Crippen molar-refractivity contribution in [2.75, 3.05) is 6.61 Å². The number of ether oxygens (including phenoxy) is 2. The Kier molecular flexibility index (Phi) is 3.45. The highest BCUT2D eigenvalue weighted by atomic mass is 16.5. The Labute approximate surface area is 105 Å². The van der Waals surface area contributed by atoms with Crippen molar-refractivity contribution in [2.45, 2.75) is 70.7 Å². The van der Waals surface area contributed by atoms with Crippen LogP contribution in [0.1, 0.15) is 52.4 Å². The maximum atomic E-state index is 6.24. The van der Waals surface area contributed by atoms with E-state index in [4.69, 9.17) is 9.47 Å². The third kappa shape index (κ3) is 1.94. The van der Waals surface area contributed by atoms with E-state index in [1.165, 1.54) is 25.7 Å². The zero-order chi connectivity index (χ0) is 11.8. The molecule has 0 aromatic carbocycles. The molecule has 3 fully saturated rings. The maximum absolute atomic E-state index is 6.24. The van der Waals surface area contributed by atoms with Gasteiger partial charge in [-0.2, -0.15) is 0 Å². The molecule has 0 aromatic rings. The molecule has 2 heterocycles. The van der Waals surface area contributed by atoms with Gasteiger partial charge < -0.3 is 9.47 Å². The van der Waals surface area contributed by atoms with Gasteiger partial charge in [0.25, 0.3) is 0 Å². The van der Waals surface area contributed by atoms with Crippen LogP contribution in [0.5, 0.6) is 0 Å². The van der Waals surface area contributed by atoms with Crippen LogP contribution in [0.15, 0.2) is 0 Å². The molecule has 0 spiro atoms. The standard InChI is InChI=1S/C15H26O2/c1-3-12-11-9-16-15(10-7-5-6-8-10)14(11)13(4-2)17-12/h10-15H,3-9H2,1-2H3. The fourth-order valence-electron chi connectivity index (χ4n) is 4.45. The summed E-state index contributed by atoms with van der Waals surface area (Å²) in [6.45, 7) is 5.48. The van der Waals surface area contributed by atoms with E-state index in [0.717, 1.165) is 25.4 Å². The summed E-state index contributed by atoms with van der Waals surface area (Å²) in [7, 11) is 0. The minimum Gasteiger partial charge on any atom is -0.377 e. The molecule has 2 aliphatic heterocycles. The van der Waals surface area contributed by atoms with Crippen LogP contribution in [-0.4, -0.2) is 24.9 Å². The summed E-state index contributed by atoms with van der Waals surface area (Å²) in [6, 6.07) is 0. The fourth-order valence-corrected chi connectivity index (χ4v) is 4.45. The van der Waals surface area contributed by atoms with Crippen LogP contribution in [-0.2, 0) is 9.47 Å². The van der Waals surface area contributed by atoms with Gasteiger partial charge in [0.05, 0.1) is 24.9 Å². The van der Waals surface area contributed by atoms with Crippen LogP contribution in [0.4, 0.5) is 0 Å². The molecule has 3 aliphatic rings. The second-order valence-electron chi connectivity index (χ2n) is 6.11. The molecule has 1 saturated carbocycles. The lowest BCUT2D eigenvalue weighted by molar-refractivity contribution is -0.0408. The number of hydrogen-bond donors (Lipinski definition) is 0. The molecule has 5 atom stereocenters. The smallest absolute Gasteiger partial charge is 0.0660 e. The number of rotatable bonds is 3. The Balaban J connectivity index is 1.75. The Hall–Kier alpha value is -0.0800. The molecule has 2 saturated heterocycles. The highest BCUT2D eigenvalue weighted by Gasteiger charge is 2.53. The zero-order valence-corrected chi connectivity index (χ0v) is 11.2. The van der Waals surface area contributed by atoms with Gasteiger partial charge in [-0.3, -0.25) is 0 Å². The average molecular weight is 238 g/mol. The Morgan fingerprint density at radius 2 is 1.71 bits per heavy atom. The van der Waals surface area contributed by atoms with Gasteiger partial charge >= 0.3 is 0 Å². The van der Waals surface area contributed by atoms with Gasteiger partial charge in [-0.1, -0.05) is 26.7 Å². The molecular formula is C15H26O2. The van der Waals surface area contributed by atoms with Crippen molar-refractivity contribution in [3.05, 3.63) is 0 Å². The van der Waals surface area contributed by atoms with E-state index in [-0.39, 0.29) is 0 Å². The maximum Gasteiger partial charge on any atom is 0.0660 e. The number of fused-ring (bicyclic) bond motifs is 1. The van der Waals surface area contributed by atoms with Crippen molar-refractivity contribution < 1.29 is 9.47 Å². The minimum atomic E-state index is 0.469. The largest absolute Gasteiger partial charge is 0.377 e. The summed E-state index contributed by atoms with van der Waals surface area (Å²) in [5, 5.41) is 0. The molecule has 98 valence electrons. The van der Waals surface area contributed by atoms with E-state index in [2.05, 4.69) is 13.8 Å². The zero-order valence-electron chi connectivity index (χ0n) is 11.2. The normalized spacial score (nSPS) is 46.6. The molecule has 1 aliphatic carbocycles. The third-order valence-corrected chi connectivity index (χ3v) is 5.28. The van der Waals surface area contributed by atoms with Crippen LogP contribution in [0.25, 0.3) is 0 Å². The van der Waals surface area contributed by atoms with Crippen molar-refractivity contribution in [2.24, 2.45) is 17.8 Å². The van der Waals surface area contributed by atoms with Crippen molar-refractivity contribution in [1.82, 2.24) is 0 Å². The Bertz CT molecular complexity index is 260. The summed E-state index contributed by atoms with van der Waals surface area (Å²) >= 11 is 0. The van der Waals surface area contributed by atoms with Gasteiger partial charge in [-0.15, -0.1) is 0 Å². The van der Waals surface area contributed by atoms with Crippen LogP contribution < -0.4 is 0 Å². The lowest BCUT2D eigenvalue weighted by Crippen LogP contribution is -2.32. The van der Waals surface area contributed by atoms with Crippen LogP contribution in [0, 0.1) is 17.8 Å². The van der Waals surface area contributed by atoms with Crippen LogP contribution in [0.3, 0.4) is 0 Å². The van der Waals surface area contributed by atoms with Crippen molar-refractivity contribution in [3.8, 4) is 0 Å². The van der Waals surface area contributed by atoms with E-state index >= 15 is 0 Å². The Morgan fingerprint density at radius 3 is 2.35 bits per heavy atom. The highest BCUT2D eigenvalue weighted by Crippen LogP contribution is 2.48. The molecule has 2 nitrogen and oxygen atoms in total. The van der Waals surface area contributed by atoms with E-state index in [9.17, 15) is 0 Å². The molecule has 0 amide bonds. The lowest BCUT2D eigenvalue weighted by Gasteiger charge is -2.27. The lowest BCUT2D eigenvalue weighted by atomic mass is 9.79. The topological polar surface area (TPSA) is 18.5 Å². The molecule has 2 heteroatoms. The van der Waals surface area contributed by atoms with E-state index in [0.29, 0.717) is 30.1 Å². The first-order valence-corrected chi connectivity index (χ1v) is 7.62. The van der Waals surface area contributed by atoms with Gasteiger partial charge in [0.1, 0.15) is 0 Å². The molecule has 0 bridgehead atoms. The molecule has 0 radical (unpaired) electrons. The van der Waals surface area contributed by atoms with Crippen molar-refractivity contribution >= 4 is 0 Å². The first-order chi connectivity index (χ1) is 8.35. The first-order valence-electron chi connectivity index (χ1n) is 7.62. The molecule has 3 rings (SSSR count). The summed E-state index contributed by atoms with van der Waals surface area (Å²) in [6.07, 6.45) is 9.37. The fraction of sp³-hybridized carbons (Fsp3) is 1.00. The molecule has 5 unspecified atom stereocenters. The molecule has 17 heavy (non-hydrogen) atoms. The summed E-state index contributed by atoms with van der Waals surface area (Å²) in [5.74, 6) is 2.22. The second-order valence-corrected chi connectivity index (χ2v) is 6.11. The highest BCUT2D eigenvalue weighted by molar-refractivity contribution is 5.00. The first kappa shape index (κ1) is 12.0. The van der Waals surface area contributed by atoms with E-state index < -0.39 is 0 Å². The monoisotopic (exact) mass is 238 g/mol. The summed E-state index contributed by atoms with van der Waals surface area (Å²) < 4.78 is 12.4. The third-order valence-electron chi connectivity index (χ3n) is 5.28. The molecule has 0 aromatic heterocycles. The van der Waals surface area contributed by atoms with Gasteiger partial charge in [0.2, 0.25) is 0 Å². The summed E-state index contributed by atoms with van der Waals surface area (Å²) in [4.78, 5) is 0. The SMILES string of the molecule is CCC1OC(CC)C2C1COC2C1CCCC1. The van der Waals surface area contributed by atoms with Crippen molar-refractivity contribution in [1.29, 1.82) is 0 Å². The van der Waals surface area contributed by atoms with E-state index in [1.54, 1.807) is 0 Å². The quantitative estimate of drug-likeness (QED) is 0.750. The van der Waals surface area contributed by atoms with E-state index in [1.807, 2.05) is 0 Å². The van der Waals surface area contributed by atoms with Gasteiger partial charge in [-0.05, 0) is 31.6 Å². The van der Waals surface area contributed by atoms with Gasteiger partial charge in [-0.25, -0.2) is 0 Å². The predicted molar refractivity (Wildman–Crippen MR) is 67.9 cm³/mol. The predicted octanol–water partition coefficient (Wildman–Crippen LogP) is 3.40. The second kappa shape index (κ2) is 4.89. The van der Waals surface area contributed by atoms with Crippen molar-refractivity contribution in [3.63, 3.8) is 0 Å². The average Bonchev–Trinajstić information content (AvgIpc) is 3.04. The summed E-state index contributed by atoms with van der Waals surface area (Å²) in [5.41, 5.74) is 0. The molecule has 0 N–H and O–H groups in total.